The van der Waals surface area contributed by atoms with E-state index in [0.717, 1.165) is 25.7 Å². The van der Waals surface area contributed by atoms with Crippen LogP contribution in [0, 0.1) is 0 Å². The number of ether oxygens (including phenoxy) is 2. The zero-order valence-electron chi connectivity index (χ0n) is 9.73. The van der Waals surface area contributed by atoms with Gasteiger partial charge in [0, 0.05) is 6.04 Å². The molecule has 17 heavy (non-hydrogen) atoms. The molecule has 0 bridgehead atoms. The first-order valence-electron chi connectivity index (χ1n) is 5.68. The minimum absolute atomic E-state index is 0.131. The lowest BCUT2D eigenvalue weighted by atomic mass is 9.94. The predicted molar refractivity (Wildman–Crippen MR) is 64.5 cm³/mol. The molecular weight excluding hydrogens is 242 g/mol. The summed E-state index contributed by atoms with van der Waals surface area (Å²) >= 11 is 5.97. The fraction of sp³-hybridized carbons (Fsp3) is 0.636. The maximum atomic E-state index is 5.97. The van der Waals surface area contributed by atoms with E-state index in [4.69, 9.17) is 26.8 Å². The monoisotopic (exact) mass is 257 g/mol. The average Bonchev–Trinajstić information content (AvgIpc) is 2.35. The molecule has 0 amide bonds. The summed E-state index contributed by atoms with van der Waals surface area (Å²) in [6.07, 6.45) is 5.44. The van der Waals surface area contributed by atoms with Crippen LogP contribution >= 0.6 is 11.6 Å². The summed E-state index contributed by atoms with van der Waals surface area (Å²) in [7, 11) is 1.51. The molecule has 1 saturated carbocycles. The first-order chi connectivity index (χ1) is 8.19. The topological polar surface area (TPSA) is 70.3 Å². The molecule has 1 aliphatic rings. The predicted octanol–water partition coefficient (Wildman–Crippen LogP) is 1.79. The van der Waals surface area contributed by atoms with Crippen LogP contribution in [0.1, 0.15) is 25.7 Å². The molecule has 0 aromatic carbocycles. The van der Waals surface area contributed by atoms with Crippen molar-refractivity contribution in [2.45, 2.75) is 37.8 Å². The molecule has 0 atom stereocenters. The van der Waals surface area contributed by atoms with Gasteiger partial charge in [0.2, 0.25) is 5.88 Å². The molecule has 1 fully saturated rings. The first kappa shape index (κ1) is 12.4. The summed E-state index contributed by atoms with van der Waals surface area (Å²) in [5.74, 6) is 0.388. The number of rotatable bonds is 3. The Hall–Kier alpha value is -1.07. The van der Waals surface area contributed by atoms with Gasteiger partial charge in [-0.25, -0.2) is 4.98 Å². The molecule has 5 nitrogen and oxygen atoms in total. The summed E-state index contributed by atoms with van der Waals surface area (Å²) in [5.41, 5.74) is 5.84. The molecule has 1 heterocycles. The van der Waals surface area contributed by atoms with E-state index in [9.17, 15) is 0 Å². The third-order valence-corrected chi connectivity index (χ3v) is 3.13. The molecule has 2 N–H and O–H groups in total. The molecule has 0 radical (unpaired) electrons. The van der Waals surface area contributed by atoms with Gasteiger partial charge in [-0.2, -0.15) is 4.98 Å². The lowest BCUT2D eigenvalue weighted by molar-refractivity contribution is 0.139. The molecule has 0 saturated heterocycles. The molecular formula is C11H16ClN3O2. The van der Waals surface area contributed by atoms with Crippen molar-refractivity contribution < 1.29 is 9.47 Å². The standard InChI is InChI=1S/C11H16ClN3O2/c1-16-11-14-6-9(12)10(15-11)17-8-4-2-7(13)3-5-8/h6-8H,2-5,13H2,1H3. The number of hydrogen-bond donors (Lipinski definition) is 1. The Morgan fingerprint density at radius 2 is 2.06 bits per heavy atom. The van der Waals surface area contributed by atoms with Gasteiger partial charge in [0.05, 0.1) is 13.3 Å². The van der Waals surface area contributed by atoms with Crippen molar-refractivity contribution in [3.63, 3.8) is 0 Å². The van der Waals surface area contributed by atoms with Crippen LogP contribution < -0.4 is 15.2 Å². The van der Waals surface area contributed by atoms with Crippen LogP contribution in [0.3, 0.4) is 0 Å². The van der Waals surface area contributed by atoms with Gasteiger partial charge in [-0.15, -0.1) is 0 Å². The quantitative estimate of drug-likeness (QED) is 0.894. The maximum absolute atomic E-state index is 5.97. The van der Waals surface area contributed by atoms with Crippen molar-refractivity contribution in [2.75, 3.05) is 7.11 Å². The minimum atomic E-state index is 0.131. The Balaban J connectivity index is 2.02. The van der Waals surface area contributed by atoms with Crippen molar-refractivity contribution in [1.29, 1.82) is 0 Å². The third-order valence-electron chi connectivity index (χ3n) is 2.87. The van der Waals surface area contributed by atoms with E-state index < -0.39 is 0 Å². The fourth-order valence-corrected chi connectivity index (χ4v) is 2.02. The summed E-state index contributed by atoms with van der Waals surface area (Å²) in [4.78, 5) is 7.98. The number of methoxy groups -OCH3 is 1. The fourth-order valence-electron chi connectivity index (χ4n) is 1.88. The minimum Gasteiger partial charge on any atom is -0.473 e. The molecule has 2 rings (SSSR count). The van der Waals surface area contributed by atoms with Gasteiger partial charge < -0.3 is 15.2 Å². The largest absolute Gasteiger partial charge is 0.473 e. The first-order valence-corrected chi connectivity index (χ1v) is 6.05. The molecule has 6 heteroatoms. The highest BCUT2D eigenvalue weighted by Crippen LogP contribution is 2.27. The van der Waals surface area contributed by atoms with Gasteiger partial charge >= 0.3 is 6.01 Å². The third kappa shape index (κ3) is 3.20. The summed E-state index contributed by atoms with van der Waals surface area (Å²) in [6, 6.07) is 0.558. The number of hydrogen-bond acceptors (Lipinski definition) is 5. The van der Waals surface area contributed by atoms with Gasteiger partial charge in [-0.3, -0.25) is 0 Å². The van der Waals surface area contributed by atoms with Gasteiger partial charge in [-0.1, -0.05) is 11.6 Å². The van der Waals surface area contributed by atoms with Gasteiger partial charge in [-0.05, 0) is 25.7 Å². The van der Waals surface area contributed by atoms with Crippen LogP contribution in [0.15, 0.2) is 6.20 Å². The van der Waals surface area contributed by atoms with E-state index in [1.807, 2.05) is 0 Å². The molecule has 94 valence electrons. The summed E-state index contributed by atoms with van der Waals surface area (Å²) in [6.45, 7) is 0. The van der Waals surface area contributed by atoms with Crippen molar-refractivity contribution in [3.8, 4) is 11.9 Å². The Morgan fingerprint density at radius 3 is 2.71 bits per heavy atom. The van der Waals surface area contributed by atoms with Crippen molar-refractivity contribution in [2.24, 2.45) is 5.73 Å². The average molecular weight is 258 g/mol. The highest BCUT2D eigenvalue weighted by Gasteiger charge is 2.21. The van der Waals surface area contributed by atoms with Gasteiger partial charge in [0.1, 0.15) is 11.1 Å². The van der Waals surface area contributed by atoms with Gasteiger partial charge in [0.25, 0.3) is 0 Å². The van der Waals surface area contributed by atoms with Crippen LogP contribution in [0.25, 0.3) is 0 Å². The number of nitrogens with two attached hydrogens (primary N) is 1. The van der Waals surface area contributed by atoms with E-state index in [-0.39, 0.29) is 12.1 Å². The van der Waals surface area contributed by atoms with E-state index in [2.05, 4.69) is 9.97 Å². The molecule has 1 aliphatic carbocycles. The smallest absolute Gasteiger partial charge is 0.319 e. The van der Waals surface area contributed by atoms with Crippen LogP contribution in [0.5, 0.6) is 11.9 Å². The lowest BCUT2D eigenvalue weighted by Gasteiger charge is -2.26. The number of nitrogens with zero attached hydrogens (tertiary/aromatic N) is 2. The molecule has 1 aromatic heterocycles. The summed E-state index contributed by atoms with van der Waals surface area (Å²) in [5, 5.41) is 0.403. The Morgan fingerprint density at radius 1 is 1.35 bits per heavy atom. The highest BCUT2D eigenvalue weighted by molar-refractivity contribution is 6.31. The summed E-state index contributed by atoms with van der Waals surface area (Å²) < 4.78 is 10.7. The van der Waals surface area contributed by atoms with E-state index in [0.29, 0.717) is 16.9 Å². The molecule has 0 spiro atoms. The van der Waals surface area contributed by atoms with Gasteiger partial charge in [0.15, 0.2) is 0 Å². The lowest BCUT2D eigenvalue weighted by Crippen LogP contribution is -2.31. The Bertz CT molecular complexity index is 381. The van der Waals surface area contributed by atoms with E-state index >= 15 is 0 Å². The van der Waals surface area contributed by atoms with Crippen LogP contribution in [-0.4, -0.2) is 29.2 Å². The second-order valence-corrected chi connectivity index (χ2v) is 4.57. The Labute approximate surface area is 105 Å². The normalized spacial score (nSPS) is 24.4. The van der Waals surface area contributed by atoms with Crippen LogP contribution in [-0.2, 0) is 0 Å². The van der Waals surface area contributed by atoms with Crippen molar-refractivity contribution in [1.82, 2.24) is 9.97 Å². The number of halogens is 1. The Kier molecular flexibility index (Phi) is 4.02. The second kappa shape index (κ2) is 5.51. The maximum Gasteiger partial charge on any atom is 0.319 e. The highest BCUT2D eigenvalue weighted by atomic mass is 35.5. The zero-order valence-corrected chi connectivity index (χ0v) is 10.5. The zero-order chi connectivity index (χ0) is 12.3. The van der Waals surface area contributed by atoms with Crippen LogP contribution in [0.4, 0.5) is 0 Å². The van der Waals surface area contributed by atoms with E-state index in [1.165, 1.54) is 13.3 Å². The van der Waals surface area contributed by atoms with Crippen molar-refractivity contribution >= 4 is 11.6 Å². The molecule has 1 aromatic rings. The van der Waals surface area contributed by atoms with Crippen LogP contribution in [0.2, 0.25) is 5.02 Å². The van der Waals surface area contributed by atoms with Crippen molar-refractivity contribution in [3.05, 3.63) is 11.2 Å². The second-order valence-electron chi connectivity index (χ2n) is 4.16. The molecule has 0 aliphatic heterocycles. The van der Waals surface area contributed by atoms with E-state index in [1.54, 1.807) is 0 Å². The molecule has 0 unspecified atom stereocenters. The number of aromatic nitrogens is 2. The SMILES string of the molecule is COc1ncc(Cl)c(OC2CCC(N)CC2)n1.